The SMILES string of the molecule is COCCn1c(SCC(=O)N2c3ccccc3NC(=O)CC2C)nc2cc(Cl)ccc21. The third-order valence-corrected chi connectivity index (χ3v) is 6.34. The zero-order valence-electron chi connectivity index (χ0n) is 17.3. The molecule has 7 nitrogen and oxygen atoms in total. The average molecular weight is 459 g/mol. The number of fused-ring (bicyclic) bond motifs is 2. The molecule has 0 radical (unpaired) electrons. The number of methoxy groups -OCH3 is 1. The second kappa shape index (κ2) is 9.30. The average Bonchev–Trinajstić information content (AvgIpc) is 3.01. The number of amides is 2. The summed E-state index contributed by atoms with van der Waals surface area (Å²) in [5.74, 6) is 0.0163. The van der Waals surface area contributed by atoms with E-state index >= 15 is 0 Å². The van der Waals surface area contributed by atoms with E-state index in [0.717, 1.165) is 16.2 Å². The minimum Gasteiger partial charge on any atom is -0.383 e. The molecule has 1 aliphatic rings. The van der Waals surface area contributed by atoms with Gasteiger partial charge in [0.05, 0.1) is 34.8 Å². The lowest BCUT2D eigenvalue weighted by molar-refractivity contribution is -0.117. The number of carbonyl (C=O) groups excluding carboxylic acids is 2. The Labute approximate surface area is 189 Å². The van der Waals surface area contributed by atoms with Gasteiger partial charge in [-0.2, -0.15) is 0 Å². The fraction of sp³-hybridized carbons (Fsp3) is 0.318. The molecule has 2 heterocycles. The molecule has 0 fully saturated rings. The topological polar surface area (TPSA) is 76.5 Å². The normalized spacial score (nSPS) is 16.2. The molecule has 31 heavy (non-hydrogen) atoms. The summed E-state index contributed by atoms with van der Waals surface area (Å²) >= 11 is 7.50. The Morgan fingerprint density at radius 2 is 2.13 bits per heavy atom. The van der Waals surface area contributed by atoms with Gasteiger partial charge in [0, 0.05) is 31.1 Å². The van der Waals surface area contributed by atoms with Crippen LogP contribution in [0.1, 0.15) is 13.3 Å². The van der Waals surface area contributed by atoms with E-state index in [-0.39, 0.29) is 30.0 Å². The number of ether oxygens (including phenoxy) is 1. The smallest absolute Gasteiger partial charge is 0.237 e. The monoisotopic (exact) mass is 458 g/mol. The summed E-state index contributed by atoms with van der Waals surface area (Å²) < 4.78 is 7.28. The van der Waals surface area contributed by atoms with E-state index in [4.69, 9.17) is 16.3 Å². The number of nitrogens with one attached hydrogen (secondary N) is 1. The summed E-state index contributed by atoms with van der Waals surface area (Å²) in [6.07, 6.45) is 0.246. The number of para-hydroxylation sites is 2. The molecule has 9 heteroatoms. The third-order valence-electron chi connectivity index (χ3n) is 5.15. The van der Waals surface area contributed by atoms with Crippen molar-refractivity contribution in [2.45, 2.75) is 31.1 Å². The highest BCUT2D eigenvalue weighted by atomic mass is 35.5. The molecule has 0 bridgehead atoms. The van der Waals surface area contributed by atoms with Crippen LogP contribution in [0.4, 0.5) is 11.4 Å². The Morgan fingerprint density at radius 3 is 2.94 bits per heavy atom. The largest absolute Gasteiger partial charge is 0.383 e. The number of halogens is 1. The number of hydrogen-bond donors (Lipinski definition) is 1. The maximum atomic E-state index is 13.3. The molecule has 2 aromatic carbocycles. The number of rotatable bonds is 6. The van der Waals surface area contributed by atoms with E-state index in [1.807, 2.05) is 54.0 Å². The van der Waals surface area contributed by atoms with Crippen LogP contribution in [0.5, 0.6) is 0 Å². The second-order valence-electron chi connectivity index (χ2n) is 7.34. The highest BCUT2D eigenvalue weighted by Gasteiger charge is 2.29. The summed E-state index contributed by atoms with van der Waals surface area (Å²) in [6, 6.07) is 12.7. The highest BCUT2D eigenvalue weighted by Crippen LogP contribution is 2.33. The number of aromatic nitrogens is 2. The molecule has 2 amide bonds. The fourth-order valence-corrected chi connectivity index (χ4v) is 4.82. The number of nitrogens with zero attached hydrogens (tertiary/aromatic N) is 3. The van der Waals surface area contributed by atoms with Crippen molar-refractivity contribution >= 4 is 57.6 Å². The van der Waals surface area contributed by atoms with Crippen LogP contribution in [0.15, 0.2) is 47.6 Å². The molecule has 1 aromatic heterocycles. The van der Waals surface area contributed by atoms with E-state index in [1.165, 1.54) is 11.8 Å². The molecule has 3 aromatic rings. The van der Waals surface area contributed by atoms with E-state index in [9.17, 15) is 9.59 Å². The number of anilines is 2. The van der Waals surface area contributed by atoms with Gasteiger partial charge in [-0.25, -0.2) is 4.98 Å². The minimum atomic E-state index is -0.247. The van der Waals surface area contributed by atoms with Gasteiger partial charge in [-0.1, -0.05) is 35.5 Å². The molecule has 1 aliphatic heterocycles. The van der Waals surface area contributed by atoms with E-state index in [0.29, 0.717) is 29.5 Å². The van der Waals surface area contributed by atoms with Crippen LogP contribution >= 0.6 is 23.4 Å². The summed E-state index contributed by atoms with van der Waals surface area (Å²) in [7, 11) is 1.65. The Balaban J connectivity index is 1.60. The van der Waals surface area contributed by atoms with Gasteiger partial charge in [-0.3, -0.25) is 9.59 Å². The Kier molecular flexibility index (Phi) is 6.50. The molecule has 1 atom stereocenters. The van der Waals surface area contributed by atoms with Crippen LogP contribution in [0, 0.1) is 0 Å². The van der Waals surface area contributed by atoms with Crippen LogP contribution in [0.25, 0.3) is 11.0 Å². The number of thioether (sulfide) groups is 1. The Morgan fingerprint density at radius 1 is 1.32 bits per heavy atom. The van der Waals surface area contributed by atoms with Gasteiger partial charge in [0.15, 0.2) is 5.16 Å². The van der Waals surface area contributed by atoms with Crippen LogP contribution < -0.4 is 10.2 Å². The molecule has 1 unspecified atom stereocenters. The number of benzene rings is 2. The molecular weight excluding hydrogens is 436 g/mol. The first-order valence-electron chi connectivity index (χ1n) is 9.96. The van der Waals surface area contributed by atoms with Crippen molar-refractivity contribution in [1.29, 1.82) is 0 Å². The first-order valence-corrected chi connectivity index (χ1v) is 11.3. The molecule has 0 spiro atoms. The van der Waals surface area contributed by atoms with Gasteiger partial charge >= 0.3 is 0 Å². The van der Waals surface area contributed by atoms with Crippen molar-refractivity contribution in [3.05, 3.63) is 47.5 Å². The number of imidazole rings is 1. The summed E-state index contributed by atoms with van der Waals surface area (Å²) in [5.41, 5.74) is 3.09. The van der Waals surface area contributed by atoms with Gasteiger partial charge < -0.3 is 19.5 Å². The lowest BCUT2D eigenvalue weighted by atomic mass is 10.2. The zero-order valence-corrected chi connectivity index (χ0v) is 18.9. The number of carbonyl (C=O) groups is 2. The highest BCUT2D eigenvalue weighted by molar-refractivity contribution is 7.99. The number of hydrogen-bond acceptors (Lipinski definition) is 5. The lowest BCUT2D eigenvalue weighted by Gasteiger charge is -2.27. The molecule has 0 saturated carbocycles. The summed E-state index contributed by atoms with van der Waals surface area (Å²) in [4.78, 5) is 31.9. The van der Waals surface area contributed by atoms with Gasteiger partial charge in [-0.15, -0.1) is 0 Å². The Bertz CT molecular complexity index is 1130. The predicted octanol–water partition coefficient (Wildman–Crippen LogP) is 4.19. The van der Waals surface area contributed by atoms with Crippen molar-refractivity contribution in [2.24, 2.45) is 0 Å². The predicted molar refractivity (Wildman–Crippen MR) is 124 cm³/mol. The van der Waals surface area contributed by atoms with Crippen molar-refractivity contribution in [3.8, 4) is 0 Å². The first kappa shape index (κ1) is 21.7. The van der Waals surface area contributed by atoms with Crippen molar-refractivity contribution in [3.63, 3.8) is 0 Å². The van der Waals surface area contributed by atoms with Gasteiger partial charge in [0.1, 0.15) is 0 Å². The van der Waals surface area contributed by atoms with E-state index in [2.05, 4.69) is 10.3 Å². The van der Waals surface area contributed by atoms with Crippen molar-refractivity contribution in [1.82, 2.24) is 9.55 Å². The first-order chi connectivity index (χ1) is 15.0. The van der Waals surface area contributed by atoms with Gasteiger partial charge in [0.25, 0.3) is 0 Å². The van der Waals surface area contributed by atoms with Crippen molar-refractivity contribution < 1.29 is 14.3 Å². The van der Waals surface area contributed by atoms with E-state index < -0.39 is 0 Å². The standard InChI is InChI=1S/C22H23ClN4O3S/c1-14-11-20(28)24-16-5-3-4-6-19(16)27(14)21(29)13-31-22-25-17-12-15(23)7-8-18(17)26(22)9-10-30-2/h3-8,12,14H,9-11,13H2,1-2H3,(H,24,28). The molecule has 162 valence electrons. The van der Waals surface area contributed by atoms with Crippen LogP contribution in [-0.2, 0) is 20.9 Å². The fourth-order valence-electron chi connectivity index (χ4n) is 3.75. The summed E-state index contributed by atoms with van der Waals surface area (Å²) in [5, 5.41) is 4.23. The van der Waals surface area contributed by atoms with Gasteiger partial charge in [0.2, 0.25) is 11.8 Å². The van der Waals surface area contributed by atoms with E-state index in [1.54, 1.807) is 12.0 Å². The molecular formula is C22H23ClN4O3S. The van der Waals surface area contributed by atoms with Gasteiger partial charge in [-0.05, 0) is 37.3 Å². The van der Waals surface area contributed by atoms with Crippen molar-refractivity contribution in [2.75, 3.05) is 29.7 Å². The van der Waals surface area contributed by atoms with Crippen LogP contribution in [0.2, 0.25) is 5.02 Å². The Hall–Kier alpha value is -2.55. The third kappa shape index (κ3) is 4.56. The maximum absolute atomic E-state index is 13.3. The maximum Gasteiger partial charge on any atom is 0.237 e. The minimum absolute atomic E-state index is 0.0789. The quantitative estimate of drug-likeness (QED) is 0.560. The lowest BCUT2D eigenvalue weighted by Crippen LogP contribution is -2.40. The molecule has 4 rings (SSSR count). The second-order valence-corrected chi connectivity index (χ2v) is 8.72. The van der Waals surface area contributed by atoms with Crippen LogP contribution in [0.3, 0.4) is 0 Å². The molecule has 0 aliphatic carbocycles. The summed E-state index contributed by atoms with van der Waals surface area (Å²) in [6.45, 7) is 3.03. The van der Waals surface area contributed by atoms with Crippen LogP contribution in [-0.4, -0.2) is 46.9 Å². The molecule has 1 N–H and O–H groups in total. The zero-order chi connectivity index (χ0) is 22.0. The molecule has 0 saturated heterocycles.